The number of amides is 3. The van der Waals surface area contributed by atoms with E-state index in [1.165, 1.54) is 12.1 Å². The monoisotopic (exact) mass is 651 g/mol. The van der Waals surface area contributed by atoms with Crippen LogP contribution < -0.4 is 15.4 Å². The number of anilines is 1. The molecular weight excluding hydrogens is 616 g/mol. The number of nitrogens with zero attached hydrogens (tertiary/aromatic N) is 1. The van der Waals surface area contributed by atoms with Crippen LogP contribution in [0.3, 0.4) is 0 Å². The largest absolute Gasteiger partial charge is 0.477 e. The molecule has 0 bridgehead atoms. The van der Waals surface area contributed by atoms with E-state index in [0.29, 0.717) is 69.7 Å². The zero-order valence-corrected chi connectivity index (χ0v) is 27.0. The minimum atomic E-state index is -1.44. The van der Waals surface area contributed by atoms with Gasteiger partial charge in [0.1, 0.15) is 17.0 Å². The molecule has 0 unspecified atom stereocenters. The van der Waals surface area contributed by atoms with Gasteiger partial charge in [-0.2, -0.15) is 0 Å². The van der Waals surface area contributed by atoms with Crippen LogP contribution in [0.4, 0.5) is 10.1 Å². The standard InChI is InChI=1S/C35H36Cl2FN3O4/c1-4-34(5-2,33(44)41-14-6-7-15-41)45-29-13-10-21(36)16-25(29)27-19-30(42)40-31(24-18-23(38)11-8-20(24)3)35(27)26-12-9-22(37)17-28(26)39-32(35)43/h8-13,16-18,27,31H,4-7,14-15,19H2,1-3H3,(H,39,43)(H,40,42)/t27-,31+,35-/m1/s1. The number of nitrogens with one attached hydrogen (secondary N) is 2. The molecular formula is C35H36Cl2FN3O4. The number of benzene rings is 3. The summed E-state index contributed by atoms with van der Waals surface area (Å²) in [6.07, 6.45) is 2.65. The van der Waals surface area contributed by atoms with Crippen molar-refractivity contribution in [3.8, 4) is 5.75 Å². The maximum atomic E-state index is 14.8. The van der Waals surface area contributed by atoms with Crippen LogP contribution in [-0.2, 0) is 19.8 Å². The number of carbonyl (C=O) groups excluding carboxylic acids is 3. The van der Waals surface area contributed by atoms with Crippen molar-refractivity contribution in [1.29, 1.82) is 0 Å². The van der Waals surface area contributed by atoms with Crippen molar-refractivity contribution in [2.75, 3.05) is 18.4 Å². The van der Waals surface area contributed by atoms with E-state index in [-0.39, 0.29) is 24.1 Å². The third-order valence-electron chi connectivity index (χ3n) is 9.88. The average Bonchev–Trinajstić information content (AvgIpc) is 3.65. The molecule has 2 N–H and O–H groups in total. The van der Waals surface area contributed by atoms with Crippen molar-refractivity contribution in [2.45, 2.75) is 75.9 Å². The van der Waals surface area contributed by atoms with E-state index >= 15 is 0 Å². The van der Waals surface area contributed by atoms with E-state index < -0.39 is 28.8 Å². The van der Waals surface area contributed by atoms with Gasteiger partial charge in [-0.05, 0) is 91.8 Å². The number of aryl methyl sites for hydroxylation is 1. The maximum Gasteiger partial charge on any atom is 0.266 e. The number of ether oxygens (including phenoxy) is 1. The molecule has 3 atom stereocenters. The van der Waals surface area contributed by atoms with E-state index in [4.69, 9.17) is 27.9 Å². The molecule has 3 aromatic carbocycles. The molecule has 236 valence electrons. The van der Waals surface area contributed by atoms with Crippen molar-refractivity contribution >= 4 is 46.6 Å². The molecule has 3 amide bonds. The number of carbonyl (C=O) groups is 3. The molecule has 3 heterocycles. The molecule has 0 saturated carbocycles. The summed E-state index contributed by atoms with van der Waals surface area (Å²) in [7, 11) is 0. The lowest BCUT2D eigenvalue weighted by Crippen LogP contribution is -2.57. The smallest absolute Gasteiger partial charge is 0.266 e. The van der Waals surface area contributed by atoms with Gasteiger partial charge in [-0.3, -0.25) is 14.4 Å². The highest BCUT2D eigenvalue weighted by atomic mass is 35.5. The minimum absolute atomic E-state index is 0.0751. The molecule has 3 aliphatic heterocycles. The minimum Gasteiger partial charge on any atom is -0.477 e. The van der Waals surface area contributed by atoms with E-state index in [9.17, 15) is 18.8 Å². The summed E-state index contributed by atoms with van der Waals surface area (Å²) < 4.78 is 21.6. The molecule has 45 heavy (non-hydrogen) atoms. The summed E-state index contributed by atoms with van der Waals surface area (Å²) in [5.74, 6) is -1.67. The van der Waals surface area contributed by atoms with Crippen molar-refractivity contribution in [3.05, 3.63) is 92.7 Å². The van der Waals surface area contributed by atoms with Crippen molar-refractivity contribution < 1.29 is 23.5 Å². The topological polar surface area (TPSA) is 87.7 Å². The number of hydrogen-bond donors (Lipinski definition) is 2. The number of hydrogen-bond acceptors (Lipinski definition) is 4. The number of halogens is 3. The Hall–Kier alpha value is -3.62. The normalized spacial score (nSPS) is 22.8. The molecule has 3 aromatic rings. The van der Waals surface area contributed by atoms with Crippen molar-refractivity contribution in [3.63, 3.8) is 0 Å². The predicted octanol–water partition coefficient (Wildman–Crippen LogP) is 7.24. The van der Waals surface area contributed by atoms with Gasteiger partial charge in [-0.15, -0.1) is 0 Å². The Bertz CT molecular complexity index is 1690. The fourth-order valence-electron chi connectivity index (χ4n) is 7.49. The first-order valence-electron chi connectivity index (χ1n) is 15.5. The summed E-state index contributed by atoms with van der Waals surface area (Å²) in [6.45, 7) is 7.03. The highest BCUT2D eigenvalue weighted by Crippen LogP contribution is 2.59. The van der Waals surface area contributed by atoms with Crippen LogP contribution in [-0.4, -0.2) is 41.3 Å². The lowest BCUT2D eigenvalue weighted by molar-refractivity contribution is -0.148. The number of rotatable bonds is 7. The first-order valence-corrected chi connectivity index (χ1v) is 16.2. The molecule has 1 spiro atoms. The lowest BCUT2D eigenvalue weighted by atomic mass is 9.59. The third kappa shape index (κ3) is 5.16. The van der Waals surface area contributed by atoms with E-state index in [1.54, 1.807) is 42.5 Å². The van der Waals surface area contributed by atoms with Crippen LogP contribution in [0.15, 0.2) is 54.6 Å². The SMILES string of the molecule is CCC(CC)(Oc1ccc(Cl)cc1[C@H]1CC(=O)N[C@@H](c2cc(F)ccc2C)[C@]12C(=O)Nc1cc(Cl)ccc12)C(=O)N1CCCC1. The maximum absolute atomic E-state index is 14.8. The van der Waals surface area contributed by atoms with Crippen LogP contribution in [0.2, 0.25) is 10.0 Å². The van der Waals surface area contributed by atoms with Crippen LogP contribution in [0, 0.1) is 12.7 Å². The van der Waals surface area contributed by atoms with E-state index in [1.807, 2.05) is 25.7 Å². The Balaban J connectivity index is 1.58. The molecule has 2 fully saturated rings. The second-order valence-electron chi connectivity index (χ2n) is 12.3. The number of likely N-dealkylation sites (tertiary alicyclic amines) is 1. The van der Waals surface area contributed by atoms with Gasteiger partial charge in [0.25, 0.3) is 5.91 Å². The molecule has 0 radical (unpaired) electrons. The van der Waals surface area contributed by atoms with Gasteiger partial charge < -0.3 is 20.3 Å². The fraction of sp³-hybridized carbons (Fsp3) is 0.400. The summed E-state index contributed by atoms with van der Waals surface area (Å²) in [5, 5.41) is 6.87. The summed E-state index contributed by atoms with van der Waals surface area (Å²) >= 11 is 13.0. The summed E-state index contributed by atoms with van der Waals surface area (Å²) in [5.41, 5.74) is 0.260. The molecule has 2 saturated heterocycles. The second kappa shape index (κ2) is 12.0. The van der Waals surface area contributed by atoms with Gasteiger partial charge >= 0.3 is 0 Å². The van der Waals surface area contributed by atoms with Crippen LogP contribution in [0.5, 0.6) is 5.75 Å². The van der Waals surface area contributed by atoms with Gasteiger partial charge in [-0.25, -0.2) is 4.39 Å². The molecule has 0 aliphatic carbocycles. The Labute approximate surface area is 272 Å². The first kappa shape index (κ1) is 31.4. The molecule has 3 aliphatic rings. The van der Waals surface area contributed by atoms with Crippen LogP contribution in [0.25, 0.3) is 0 Å². The lowest BCUT2D eigenvalue weighted by Gasteiger charge is -2.47. The second-order valence-corrected chi connectivity index (χ2v) is 13.1. The van der Waals surface area contributed by atoms with E-state index in [2.05, 4.69) is 10.6 Å². The third-order valence-corrected chi connectivity index (χ3v) is 10.4. The quantitative estimate of drug-likeness (QED) is 0.282. The van der Waals surface area contributed by atoms with E-state index in [0.717, 1.165) is 12.8 Å². The summed E-state index contributed by atoms with van der Waals surface area (Å²) in [6, 6.07) is 13.7. The first-order chi connectivity index (χ1) is 21.5. The average molecular weight is 653 g/mol. The van der Waals surface area contributed by atoms with Crippen LogP contribution >= 0.6 is 23.2 Å². The Morgan fingerprint density at radius 3 is 2.40 bits per heavy atom. The van der Waals surface area contributed by atoms with Gasteiger partial charge in [-0.1, -0.05) is 49.2 Å². The van der Waals surface area contributed by atoms with Crippen molar-refractivity contribution in [1.82, 2.24) is 10.2 Å². The van der Waals surface area contributed by atoms with Gasteiger partial charge in [0.15, 0.2) is 5.60 Å². The molecule has 10 heteroatoms. The molecule has 0 aromatic heterocycles. The highest BCUT2D eigenvalue weighted by Gasteiger charge is 2.62. The molecule has 6 rings (SSSR count). The van der Waals surface area contributed by atoms with Gasteiger partial charge in [0, 0.05) is 46.7 Å². The molecule has 7 nitrogen and oxygen atoms in total. The van der Waals surface area contributed by atoms with Gasteiger partial charge in [0.05, 0.1) is 6.04 Å². The Kier molecular flexibility index (Phi) is 8.33. The van der Waals surface area contributed by atoms with Gasteiger partial charge in [0.2, 0.25) is 11.8 Å². The zero-order chi connectivity index (χ0) is 32.1. The Morgan fingerprint density at radius 2 is 1.69 bits per heavy atom. The summed E-state index contributed by atoms with van der Waals surface area (Å²) in [4.78, 5) is 44.0. The fourth-order valence-corrected chi connectivity index (χ4v) is 7.84. The Morgan fingerprint density at radius 1 is 1.00 bits per heavy atom. The number of fused-ring (bicyclic) bond motifs is 2. The highest BCUT2D eigenvalue weighted by molar-refractivity contribution is 6.31. The zero-order valence-electron chi connectivity index (χ0n) is 25.5. The predicted molar refractivity (Wildman–Crippen MR) is 172 cm³/mol. The van der Waals surface area contributed by atoms with Crippen LogP contribution in [0.1, 0.15) is 80.2 Å². The van der Waals surface area contributed by atoms with Crippen molar-refractivity contribution in [2.24, 2.45) is 0 Å². The number of piperidine rings is 1.